The van der Waals surface area contributed by atoms with Gasteiger partial charge in [-0.05, 0) is 31.2 Å². The van der Waals surface area contributed by atoms with Crippen LogP contribution in [0.3, 0.4) is 0 Å². The molecule has 0 unspecified atom stereocenters. The Morgan fingerprint density at radius 3 is 2.76 bits per heavy atom. The number of rotatable bonds is 2. The number of hydrogen-bond donors (Lipinski definition) is 1. The lowest BCUT2D eigenvalue weighted by atomic mass is 10.2. The van der Waals surface area contributed by atoms with Gasteiger partial charge < -0.3 is 10.5 Å². The predicted octanol–water partition coefficient (Wildman–Crippen LogP) is 2.19. The molecule has 0 radical (unpaired) electrons. The monoisotopic (exact) mass is 279 g/mol. The van der Waals surface area contributed by atoms with Crippen LogP contribution in [-0.2, 0) is 0 Å². The minimum absolute atomic E-state index is 0.325. The quantitative estimate of drug-likeness (QED) is 0.776. The van der Waals surface area contributed by atoms with Crippen molar-refractivity contribution >= 4 is 17.1 Å². The van der Waals surface area contributed by atoms with E-state index in [0.717, 1.165) is 5.69 Å². The molecule has 0 atom stereocenters. The number of pyridine rings is 1. The summed E-state index contributed by atoms with van der Waals surface area (Å²) in [5.41, 5.74) is 9.49. The molecular formula is C15H13N5O. The van der Waals surface area contributed by atoms with Crippen LogP contribution < -0.4 is 10.5 Å². The van der Waals surface area contributed by atoms with Crippen LogP contribution in [0.2, 0.25) is 0 Å². The van der Waals surface area contributed by atoms with Gasteiger partial charge in [-0.2, -0.15) is 5.26 Å². The van der Waals surface area contributed by atoms with Gasteiger partial charge in [-0.3, -0.25) is 4.57 Å². The number of methoxy groups -OCH3 is 1. The van der Waals surface area contributed by atoms with Crippen molar-refractivity contribution < 1.29 is 4.74 Å². The van der Waals surface area contributed by atoms with Crippen molar-refractivity contribution in [2.45, 2.75) is 6.92 Å². The average molecular weight is 279 g/mol. The molecule has 2 N–H and O–H groups in total. The molecule has 0 saturated heterocycles. The Bertz CT molecular complexity index is 876. The summed E-state index contributed by atoms with van der Waals surface area (Å²) in [4.78, 5) is 8.80. The van der Waals surface area contributed by atoms with E-state index in [1.807, 2.05) is 19.1 Å². The fourth-order valence-corrected chi connectivity index (χ4v) is 2.24. The molecule has 104 valence electrons. The van der Waals surface area contributed by atoms with Crippen LogP contribution in [0.4, 0.5) is 5.95 Å². The van der Waals surface area contributed by atoms with Gasteiger partial charge in [0.15, 0.2) is 5.65 Å². The number of ether oxygens (including phenoxy) is 1. The average Bonchev–Trinajstić information content (AvgIpc) is 2.81. The maximum absolute atomic E-state index is 8.98. The number of aryl methyl sites for hydroxylation is 1. The number of hydrogen-bond acceptors (Lipinski definition) is 5. The number of nitrogens with two attached hydrogens (primary N) is 1. The topological polar surface area (TPSA) is 89.8 Å². The zero-order valence-electron chi connectivity index (χ0n) is 11.7. The highest BCUT2D eigenvalue weighted by Gasteiger charge is 2.15. The number of anilines is 1. The molecule has 0 amide bonds. The smallest absolute Gasteiger partial charge is 0.207 e. The molecule has 3 aromatic rings. The van der Waals surface area contributed by atoms with Crippen molar-refractivity contribution in [3.8, 4) is 17.5 Å². The molecule has 21 heavy (non-hydrogen) atoms. The maximum Gasteiger partial charge on any atom is 0.207 e. The van der Waals surface area contributed by atoms with Gasteiger partial charge in [-0.25, -0.2) is 9.97 Å². The minimum Gasteiger partial charge on any atom is -0.495 e. The van der Waals surface area contributed by atoms with Crippen LogP contribution in [0.15, 0.2) is 30.3 Å². The standard InChI is InChI=1S/C15H13N5O/c1-9-3-5-11-14(18-9)20(15(17)19-11)12-6-4-10(8-16)7-13(12)21-2/h3-7H,1-2H3,(H2,17,19). The highest BCUT2D eigenvalue weighted by molar-refractivity contribution is 5.78. The molecule has 0 aliphatic carbocycles. The van der Waals surface area contributed by atoms with Crippen molar-refractivity contribution in [3.63, 3.8) is 0 Å². The zero-order chi connectivity index (χ0) is 15.0. The van der Waals surface area contributed by atoms with Gasteiger partial charge in [0.1, 0.15) is 11.3 Å². The zero-order valence-corrected chi connectivity index (χ0v) is 11.7. The van der Waals surface area contributed by atoms with Gasteiger partial charge in [0.25, 0.3) is 0 Å². The fourth-order valence-electron chi connectivity index (χ4n) is 2.24. The lowest BCUT2D eigenvalue weighted by molar-refractivity contribution is 0.413. The Kier molecular flexibility index (Phi) is 2.95. The summed E-state index contributed by atoms with van der Waals surface area (Å²) in [7, 11) is 1.55. The lowest BCUT2D eigenvalue weighted by Crippen LogP contribution is -2.04. The number of imidazole rings is 1. The predicted molar refractivity (Wildman–Crippen MR) is 79.3 cm³/mol. The first kappa shape index (κ1) is 12.9. The molecular weight excluding hydrogens is 266 g/mol. The third-order valence-corrected chi connectivity index (χ3v) is 3.22. The first-order valence-corrected chi connectivity index (χ1v) is 6.34. The van der Waals surface area contributed by atoms with Crippen molar-refractivity contribution in [1.82, 2.24) is 14.5 Å². The SMILES string of the molecule is COc1cc(C#N)ccc1-n1c(N)nc2ccc(C)nc21. The Balaban J connectivity index is 2.32. The van der Waals surface area contributed by atoms with Crippen LogP contribution in [0.1, 0.15) is 11.3 Å². The molecule has 6 heteroatoms. The van der Waals surface area contributed by atoms with E-state index in [-0.39, 0.29) is 0 Å². The molecule has 0 aliphatic heterocycles. The van der Waals surface area contributed by atoms with Crippen LogP contribution in [-0.4, -0.2) is 21.6 Å². The molecule has 6 nitrogen and oxygen atoms in total. The summed E-state index contributed by atoms with van der Waals surface area (Å²) in [5, 5.41) is 8.98. The normalized spacial score (nSPS) is 10.5. The highest BCUT2D eigenvalue weighted by atomic mass is 16.5. The van der Waals surface area contributed by atoms with E-state index in [4.69, 9.17) is 15.7 Å². The number of aromatic nitrogens is 3. The first-order valence-electron chi connectivity index (χ1n) is 6.34. The van der Waals surface area contributed by atoms with E-state index < -0.39 is 0 Å². The van der Waals surface area contributed by atoms with Gasteiger partial charge in [0, 0.05) is 11.8 Å². The molecule has 0 saturated carbocycles. The maximum atomic E-state index is 8.98. The summed E-state index contributed by atoms with van der Waals surface area (Å²) >= 11 is 0. The van der Waals surface area contributed by atoms with E-state index >= 15 is 0 Å². The van der Waals surface area contributed by atoms with E-state index in [9.17, 15) is 0 Å². The van der Waals surface area contributed by atoms with Crippen LogP contribution >= 0.6 is 0 Å². The van der Waals surface area contributed by atoms with E-state index in [0.29, 0.717) is 34.1 Å². The fraction of sp³-hybridized carbons (Fsp3) is 0.133. The Labute approximate surface area is 121 Å². The van der Waals surface area contributed by atoms with Crippen molar-refractivity contribution in [1.29, 1.82) is 5.26 Å². The molecule has 0 fully saturated rings. The van der Waals surface area contributed by atoms with E-state index in [1.54, 1.807) is 29.9 Å². The number of nitrogens with zero attached hydrogens (tertiary/aromatic N) is 4. The first-order chi connectivity index (χ1) is 10.1. The molecule has 2 heterocycles. The van der Waals surface area contributed by atoms with Gasteiger partial charge in [-0.15, -0.1) is 0 Å². The molecule has 2 aromatic heterocycles. The Hall–Kier alpha value is -3.07. The molecule has 3 rings (SSSR count). The molecule has 1 aromatic carbocycles. The molecule has 0 bridgehead atoms. The van der Waals surface area contributed by atoms with Crippen molar-refractivity contribution in [2.24, 2.45) is 0 Å². The second kappa shape index (κ2) is 4.80. The van der Waals surface area contributed by atoms with Gasteiger partial charge in [-0.1, -0.05) is 0 Å². The summed E-state index contributed by atoms with van der Waals surface area (Å²) in [5.74, 6) is 0.870. The number of fused-ring (bicyclic) bond motifs is 1. The summed E-state index contributed by atoms with van der Waals surface area (Å²) in [6, 6.07) is 11.0. The summed E-state index contributed by atoms with van der Waals surface area (Å²) in [6.07, 6.45) is 0. The van der Waals surface area contributed by atoms with Crippen molar-refractivity contribution in [3.05, 3.63) is 41.6 Å². The third-order valence-electron chi connectivity index (χ3n) is 3.22. The van der Waals surface area contributed by atoms with Crippen LogP contribution in [0, 0.1) is 18.3 Å². The number of benzene rings is 1. The molecule has 0 aliphatic rings. The largest absolute Gasteiger partial charge is 0.495 e. The van der Waals surface area contributed by atoms with E-state index in [2.05, 4.69) is 16.0 Å². The third kappa shape index (κ3) is 2.05. The minimum atomic E-state index is 0.325. The van der Waals surface area contributed by atoms with Gasteiger partial charge >= 0.3 is 0 Å². The van der Waals surface area contributed by atoms with E-state index in [1.165, 1.54) is 0 Å². The second-order valence-corrected chi connectivity index (χ2v) is 4.60. The lowest BCUT2D eigenvalue weighted by Gasteiger charge is -2.11. The van der Waals surface area contributed by atoms with Gasteiger partial charge in [0.05, 0.1) is 24.4 Å². The number of nitrogen functional groups attached to an aromatic ring is 1. The Morgan fingerprint density at radius 2 is 2.05 bits per heavy atom. The number of nitriles is 1. The highest BCUT2D eigenvalue weighted by Crippen LogP contribution is 2.29. The Morgan fingerprint density at radius 1 is 1.24 bits per heavy atom. The summed E-state index contributed by atoms with van der Waals surface area (Å²) < 4.78 is 7.09. The molecule has 0 spiro atoms. The van der Waals surface area contributed by atoms with Crippen LogP contribution in [0.25, 0.3) is 16.9 Å². The van der Waals surface area contributed by atoms with Gasteiger partial charge in [0.2, 0.25) is 5.95 Å². The van der Waals surface area contributed by atoms with Crippen LogP contribution in [0.5, 0.6) is 5.75 Å². The second-order valence-electron chi connectivity index (χ2n) is 4.60. The van der Waals surface area contributed by atoms with Crippen molar-refractivity contribution in [2.75, 3.05) is 12.8 Å². The summed E-state index contributed by atoms with van der Waals surface area (Å²) in [6.45, 7) is 1.91.